The summed E-state index contributed by atoms with van der Waals surface area (Å²) in [4.78, 5) is 25.1. The van der Waals surface area contributed by atoms with Crippen LogP contribution in [0.15, 0.2) is 24.3 Å². The van der Waals surface area contributed by atoms with Crippen molar-refractivity contribution in [3.63, 3.8) is 0 Å². The van der Waals surface area contributed by atoms with E-state index in [0.717, 1.165) is 5.75 Å². The fourth-order valence-electron chi connectivity index (χ4n) is 2.05. The molecule has 1 aromatic carbocycles. The molecule has 0 spiro atoms. The number of rotatable bonds is 3. The average Bonchev–Trinajstić information content (AvgIpc) is 2.40. The van der Waals surface area contributed by atoms with E-state index in [9.17, 15) is 9.59 Å². The van der Waals surface area contributed by atoms with Crippen molar-refractivity contribution >= 4 is 23.5 Å². The van der Waals surface area contributed by atoms with E-state index in [0.29, 0.717) is 31.5 Å². The van der Waals surface area contributed by atoms with Gasteiger partial charge in [0.1, 0.15) is 5.78 Å². The van der Waals surface area contributed by atoms with Gasteiger partial charge in [0, 0.05) is 37.2 Å². The molecule has 0 aliphatic carbocycles. The third kappa shape index (κ3) is 3.13. The molecule has 0 unspecified atom stereocenters. The predicted octanol–water partition coefficient (Wildman–Crippen LogP) is 2.35. The molecule has 0 saturated carbocycles. The van der Waals surface area contributed by atoms with Gasteiger partial charge in [-0.15, -0.1) is 0 Å². The first-order valence-electron chi connectivity index (χ1n) is 6.09. The van der Waals surface area contributed by atoms with Gasteiger partial charge in [0.25, 0.3) is 5.91 Å². The van der Waals surface area contributed by atoms with Crippen LogP contribution in [0.3, 0.4) is 0 Å². The number of carbonyl (C=O) groups excluding carboxylic acids is 2. The average molecular weight is 263 g/mol. The molecule has 18 heavy (non-hydrogen) atoms. The van der Waals surface area contributed by atoms with Gasteiger partial charge in [-0.05, 0) is 24.0 Å². The topological polar surface area (TPSA) is 37.4 Å². The molecule has 3 nitrogen and oxygen atoms in total. The molecule has 0 radical (unpaired) electrons. The van der Waals surface area contributed by atoms with Gasteiger partial charge in [-0.2, -0.15) is 11.8 Å². The van der Waals surface area contributed by atoms with E-state index in [1.54, 1.807) is 16.7 Å². The molecule has 1 aliphatic rings. The van der Waals surface area contributed by atoms with Gasteiger partial charge in [-0.1, -0.05) is 12.1 Å². The number of benzene rings is 1. The Labute approximate surface area is 112 Å². The molecule has 96 valence electrons. The van der Waals surface area contributed by atoms with Crippen LogP contribution in [0.4, 0.5) is 0 Å². The van der Waals surface area contributed by atoms with Crippen LogP contribution >= 0.6 is 11.8 Å². The lowest BCUT2D eigenvalue weighted by molar-refractivity contribution is -0.120. The van der Waals surface area contributed by atoms with Gasteiger partial charge in [0.2, 0.25) is 0 Å². The maximum atomic E-state index is 12.2. The van der Waals surface area contributed by atoms with Crippen molar-refractivity contribution in [2.75, 3.05) is 19.3 Å². The summed E-state index contributed by atoms with van der Waals surface area (Å²) in [5.74, 6) is 1.26. The normalized spacial score (nSPS) is 15.8. The first-order chi connectivity index (χ1) is 8.70. The molecule has 1 aliphatic heterocycles. The monoisotopic (exact) mass is 263 g/mol. The Hall–Kier alpha value is -1.29. The summed E-state index contributed by atoms with van der Waals surface area (Å²) in [6, 6.07) is 7.76. The van der Waals surface area contributed by atoms with Crippen molar-refractivity contribution in [3.05, 3.63) is 35.4 Å². The van der Waals surface area contributed by atoms with Crippen LogP contribution < -0.4 is 0 Å². The second kappa shape index (κ2) is 6.05. The summed E-state index contributed by atoms with van der Waals surface area (Å²) in [5, 5.41) is 0. The first-order valence-corrected chi connectivity index (χ1v) is 7.49. The molecule has 1 saturated heterocycles. The van der Waals surface area contributed by atoms with Gasteiger partial charge in [-0.3, -0.25) is 9.59 Å². The molecule has 0 atom stereocenters. The number of nitrogens with zero attached hydrogens (tertiary/aromatic N) is 1. The molecule has 2 rings (SSSR count). The van der Waals surface area contributed by atoms with Gasteiger partial charge in [0.15, 0.2) is 0 Å². The van der Waals surface area contributed by atoms with Gasteiger partial charge < -0.3 is 4.90 Å². The van der Waals surface area contributed by atoms with E-state index in [-0.39, 0.29) is 11.7 Å². The smallest absolute Gasteiger partial charge is 0.253 e. The summed E-state index contributed by atoms with van der Waals surface area (Å²) in [7, 11) is 0. The number of hydrogen-bond acceptors (Lipinski definition) is 3. The number of likely N-dealkylation sites (tertiary alicyclic amines) is 1. The molecule has 0 N–H and O–H groups in total. The summed E-state index contributed by atoms with van der Waals surface area (Å²) in [5.41, 5.74) is 1.95. The third-order valence-corrected chi connectivity index (χ3v) is 3.74. The SMILES string of the molecule is CSCc1ccc(C(=O)N2CCC(=O)CC2)cc1. The van der Waals surface area contributed by atoms with Crippen LogP contribution in [0.25, 0.3) is 0 Å². The molecule has 1 aromatic rings. The minimum atomic E-state index is 0.0400. The van der Waals surface area contributed by atoms with Crippen LogP contribution in [-0.2, 0) is 10.5 Å². The summed E-state index contributed by atoms with van der Waals surface area (Å²) in [6.45, 7) is 1.12. The summed E-state index contributed by atoms with van der Waals surface area (Å²) in [6.07, 6.45) is 3.05. The quantitative estimate of drug-likeness (QED) is 0.840. The van der Waals surface area contributed by atoms with Gasteiger partial charge in [-0.25, -0.2) is 0 Å². The van der Waals surface area contributed by atoms with E-state index in [1.807, 2.05) is 24.3 Å². The maximum absolute atomic E-state index is 12.2. The highest BCUT2D eigenvalue weighted by Crippen LogP contribution is 2.14. The molecule has 1 amide bonds. The Morgan fingerprint density at radius 3 is 2.39 bits per heavy atom. The molecule has 4 heteroatoms. The van der Waals surface area contributed by atoms with Crippen LogP contribution in [0.1, 0.15) is 28.8 Å². The van der Waals surface area contributed by atoms with E-state index < -0.39 is 0 Å². The second-order valence-electron chi connectivity index (χ2n) is 4.46. The number of amides is 1. The number of Topliss-reactive ketones (excluding diaryl/α,β-unsaturated/α-hetero) is 1. The highest BCUT2D eigenvalue weighted by atomic mass is 32.2. The van der Waals surface area contributed by atoms with Gasteiger partial charge in [0.05, 0.1) is 0 Å². The van der Waals surface area contributed by atoms with Crippen molar-refractivity contribution in [1.29, 1.82) is 0 Å². The van der Waals surface area contributed by atoms with Crippen LogP contribution in [0, 0.1) is 0 Å². The number of carbonyl (C=O) groups is 2. The predicted molar refractivity (Wildman–Crippen MR) is 73.8 cm³/mol. The first kappa shape index (κ1) is 13.1. The molecular formula is C14H17NO2S. The Balaban J connectivity index is 2.02. The molecule has 1 fully saturated rings. The van der Waals surface area contributed by atoms with Crippen LogP contribution in [-0.4, -0.2) is 35.9 Å². The number of hydrogen-bond donors (Lipinski definition) is 0. The minimum Gasteiger partial charge on any atom is -0.338 e. The zero-order valence-corrected chi connectivity index (χ0v) is 11.3. The van der Waals surface area contributed by atoms with E-state index in [4.69, 9.17) is 0 Å². The number of thioether (sulfide) groups is 1. The molecule has 1 heterocycles. The van der Waals surface area contributed by atoms with Crippen LogP contribution in [0.2, 0.25) is 0 Å². The summed E-state index contributed by atoms with van der Waals surface area (Å²) < 4.78 is 0. The molecule has 0 aromatic heterocycles. The maximum Gasteiger partial charge on any atom is 0.253 e. The zero-order valence-electron chi connectivity index (χ0n) is 10.5. The lowest BCUT2D eigenvalue weighted by Crippen LogP contribution is -2.38. The minimum absolute atomic E-state index is 0.0400. The lowest BCUT2D eigenvalue weighted by atomic mass is 10.1. The van der Waals surface area contributed by atoms with Crippen LogP contribution in [0.5, 0.6) is 0 Å². The zero-order chi connectivity index (χ0) is 13.0. The fraction of sp³-hybridized carbons (Fsp3) is 0.429. The Morgan fingerprint density at radius 1 is 1.22 bits per heavy atom. The Morgan fingerprint density at radius 2 is 1.83 bits per heavy atom. The largest absolute Gasteiger partial charge is 0.338 e. The van der Waals surface area contributed by atoms with Gasteiger partial charge >= 0.3 is 0 Å². The Kier molecular flexibility index (Phi) is 4.42. The van der Waals surface area contributed by atoms with E-state index in [1.165, 1.54) is 5.56 Å². The highest BCUT2D eigenvalue weighted by molar-refractivity contribution is 7.97. The number of ketones is 1. The second-order valence-corrected chi connectivity index (χ2v) is 5.33. The third-order valence-electron chi connectivity index (χ3n) is 3.12. The van der Waals surface area contributed by atoms with E-state index >= 15 is 0 Å². The Bertz CT molecular complexity index is 432. The summed E-state index contributed by atoms with van der Waals surface area (Å²) >= 11 is 1.76. The fourth-order valence-corrected chi connectivity index (χ4v) is 2.58. The standard InChI is InChI=1S/C14H17NO2S/c1-18-10-11-2-4-12(5-3-11)14(17)15-8-6-13(16)7-9-15/h2-5H,6-10H2,1H3. The van der Waals surface area contributed by atoms with Crippen molar-refractivity contribution in [3.8, 4) is 0 Å². The van der Waals surface area contributed by atoms with Crippen molar-refractivity contribution < 1.29 is 9.59 Å². The van der Waals surface area contributed by atoms with Crippen molar-refractivity contribution in [2.45, 2.75) is 18.6 Å². The lowest BCUT2D eigenvalue weighted by Gasteiger charge is -2.26. The highest BCUT2D eigenvalue weighted by Gasteiger charge is 2.21. The van der Waals surface area contributed by atoms with Crippen molar-refractivity contribution in [1.82, 2.24) is 4.90 Å². The molecule has 0 bridgehead atoms. The van der Waals surface area contributed by atoms with E-state index in [2.05, 4.69) is 6.26 Å². The number of piperidine rings is 1. The molecular weight excluding hydrogens is 246 g/mol. The van der Waals surface area contributed by atoms with Crippen molar-refractivity contribution in [2.24, 2.45) is 0 Å².